The van der Waals surface area contributed by atoms with Crippen molar-refractivity contribution in [3.8, 4) is 0 Å². The number of carbonyl (C=O) groups excluding carboxylic acids is 1. The Morgan fingerprint density at radius 2 is 1.79 bits per heavy atom. The van der Waals surface area contributed by atoms with E-state index in [2.05, 4.69) is 10.6 Å². The van der Waals surface area contributed by atoms with Gasteiger partial charge in [-0.3, -0.25) is 4.79 Å². The number of hydrogen-bond acceptors (Lipinski definition) is 5. The van der Waals surface area contributed by atoms with E-state index in [1.54, 1.807) is 12.1 Å². The summed E-state index contributed by atoms with van der Waals surface area (Å²) < 4.78 is 58.0. The largest absolute Gasteiger partial charge is 0.379 e. The van der Waals surface area contributed by atoms with Crippen molar-refractivity contribution in [2.24, 2.45) is 0 Å². The van der Waals surface area contributed by atoms with E-state index in [0.29, 0.717) is 18.9 Å². The molecule has 2 aromatic carbocycles. The lowest BCUT2D eigenvalue weighted by atomic mass is 10.3. The summed E-state index contributed by atoms with van der Waals surface area (Å²) in [6, 6.07) is 9.16. The summed E-state index contributed by atoms with van der Waals surface area (Å²) in [5, 5.41) is 5.25. The molecule has 0 bridgehead atoms. The first-order valence-electron chi connectivity index (χ1n) is 8.53. The van der Waals surface area contributed by atoms with E-state index in [-0.39, 0.29) is 30.2 Å². The summed E-state index contributed by atoms with van der Waals surface area (Å²) in [5.41, 5.74) is 0.559. The molecule has 10 heteroatoms. The van der Waals surface area contributed by atoms with Crippen molar-refractivity contribution in [1.29, 1.82) is 0 Å². The zero-order valence-electron chi connectivity index (χ0n) is 14.8. The first-order valence-corrected chi connectivity index (χ1v) is 9.97. The highest BCUT2D eigenvalue weighted by Crippen LogP contribution is 2.20. The summed E-state index contributed by atoms with van der Waals surface area (Å²) in [5.74, 6) is -2.56. The minimum atomic E-state index is -3.64. The van der Waals surface area contributed by atoms with Crippen LogP contribution in [0.4, 0.5) is 20.2 Å². The second-order valence-corrected chi connectivity index (χ2v) is 8.01. The lowest BCUT2D eigenvalue weighted by Crippen LogP contribution is -2.40. The average molecular weight is 411 g/mol. The van der Waals surface area contributed by atoms with Crippen LogP contribution in [-0.2, 0) is 19.6 Å². The number of sulfonamides is 1. The van der Waals surface area contributed by atoms with Crippen molar-refractivity contribution < 1.29 is 26.7 Å². The van der Waals surface area contributed by atoms with E-state index in [0.717, 1.165) is 12.1 Å². The molecule has 7 nitrogen and oxygen atoms in total. The topological polar surface area (TPSA) is 87.7 Å². The molecule has 0 radical (unpaired) electrons. The van der Waals surface area contributed by atoms with E-state index >= 15 is 0 Å². The quantitative estimate of drug-likeness (QED) is 0.760. The Morgan fingerprint density at radius 3 is 2.50 bits per heavy atom. The second-order valence-electron chi connectivity index (χ2n) is 6.07. The number of amides is 1. The molecule has 0 saturated carbocycles. The molecule has 1 fully saturated rings. The monoisotopic (exact) mass is 411 g/mol. The number of nitrogens with zero attached hydrogens (tertiary/aromatic N) is 1. The van der Waals surface area contributed by atoms with Gasteiger partial charge < -0.3 is 15.4 Å². The van der Waals surface area contributed by atoms with Gasteiger partial charge in [0.05, 0.1) is 24.7 Å². The van der Waals surface area contributed by atoms with Crippen molar-refractivity contribution in [3.63, 3.8) is 0 Å². The predicted molar refractivity (Wildman–Crippen MR) is 99.5 cm³/mol. The van der Waals surface area contributed by atoms with Crippen LogP contribution in [0.2, 0.25) is 0 Å². The Bertz CT molecular complexity index is 963. The maximum Gasteiger partial charge on any atom is 0.243 e. The van der Waals surface area contributed by atoms with Crippen LogP contribution >= 0.6 is 0 Å². The fourth-order valence-corrected chi connectivity index (χ4v) is 4.12. The molecule has 3 rings (SSSR count). The molecule has 0 unspecified atom stereocenters. The molecule has 0 aromatic heterocycles. The van der Waals surface area contributed by atoms with Gasteiger partial charge in [-0.1, -0.05) is 6.07 Å². The Kier molecular flexibility index (Phi) is 6.22. The first-order chi connectivity index (χ1) is 13.4. The van der Waals surface area contributed by atoms with Crippen LogP contribution in [0.5, 0.6) is 0 Å². The Morgan fingerprint density at radius 1 is 1.04 bits per heavy atom. The number of benzene rings is 2. The molecule has 0 spiro atoms. The summed E-state index contributed by atoms with van der Waals surface area (Å²) in [4.78, 5) is 12.1. The second kappa shape index (κ2) is 8.63. The Balaban J connectivity index is 1.62. The molecular formula is C18H19F2N3O4S. The van der Waals surface area contributed by atoms with Crippen molar-refractivity contribution in [2.75, 3.05) is 43.5 Å². The van der Waals surface area contributed by atoms with Crippen LogP contribution in [-0.4, -0.2) is 51.5 Å². The molecule has 0 atom stereocenters. The fourth-order valence-electron chi connectivity index (χ4n) is 2.66. The maximum absolute atomic E-state index is 13.2. The van der Waals surface area contributed by atoms with Gasteiger partial charge in [-0.05, 0) is 30.3 Å². The summed E-state index contributed by atoms with van der Waals surface area (Å²) >= 11 is 0. The molecule has 28 heavy (non-hydrogen) atoms. The molecular weight excluding hydrogens is 392 g/mol. The van der Waals surface area contributed by atoms with Gasteiger partial charge >= 0.3 is 0 Å². The van der Waals surface area contributed by atoms with Crippen molar-refractivity contribution >= 4 is 27.3 Å². The highest BCUT2D eigenvalue weighted by atomic mass is 32.2. The standard InChI is InChI=1S/C18H19F2N3O4S/c19-16-5-4-14(11-17(16)20)22-18(24)12-21-13-2-1-3-15(10-13)28(25,26)23-6-8-27-9-7-23/h1-5,10-11,21H,6-9,12H2,(H,22,24). The van der Waals surface area contributed by atoms with Crippen LogP contribution in [0.25, 0.3) is 0 Å². The molecule has 1 amide bonds. The third-order valence-corrected chi connectivity index (χ3v) is 5.99. The molecule has 0 aliphatic carbocycles. The average Bonchev–Trinajstić information content (AvgIpc) is 2.70. The smallest absolute Gasteiger partial charge is 0.243 e. The van der Waals surface area contributed by atoms with E-state index in [9.17, 15) is 22.0 Å². The number of hydrogen-bond donors (Lipinski definition) is 2. The van der Waals surface area contributed by atoms with Crippen molar-refractivity contribution in [1.82, 2.24) is 4.31 Å². The van der Waals surface area contributed by atoms with Gasteiger partial charge in [-0.2, -0.15) is 4.31 Å². The van der Waals surface area contributed by atoms with Gasteiger partial charge in [0.2, 0.25) is 15.9 Å². The number of morpholine rings is 1. The van der Waals surface area contributed by atoms with Crippen molar-refractivity contribution in [2.45, 2.75) is 4.90 Å². The van der Waals surface area contributed by atoms with Crippen LogP contribution in [0.3, 0.4) is 0 Å². The highest BCUT2D eigenvalue weighted by molar-refractivity contribution is 7.89. The Labute approximate surface area is 161 Å². The minimum Gasteiger partial charge on any atom is -0.379 e. The van der Waals surface area contributed by atoms with Crippen LogP contribution in [0, 0.1) is 11.6 Å². The van der Waals surface area contributed by atoms with Gasteiger partial charge in [0.25, 0.3) is 0 Å². The third-order valence-electron chi connectivity index (χ3n) is 4.10. The molecule has 1 aliphatic heterocycles. The molecule has 1 aliphatic rings. The summed E-state index contributed by atoms with van der Waals surface area (Å²) in [6.07, 6.45) is 0. The van der Waals surface area contributed by atoms with Crippen molar-refractivity contribution in [3.05, 3.63) is 54.1 Å². The molecule has 150 valence electrons. The minimum absolute atomic E-state index is 0.111. The van der Waals surface area contributed by atoms with E-state index < -0.39 is 27.6 Å². The van der Waals surface area contributed by atoms with Gasteiger partial charge in [-0.15, -0.1) is 0 Å². The number of rotatable bonds is 6. The maximum atomic E-state index is 13.2. The SMILES string of the molecule is O=C(CNc1cccc(S(=O)(=O)N2CCOCC2)c1)Nc1ccc(F)c(F)c1. The lowest BCUT2D eigenvalue weighted by molar-refractivity contribution is -0.114. The van der Waals surface area contributed by atoms with Crippen LogP contribution in [0.1, 0.15) is 0 Å². The third kappa shape index (κ3) is 4.83. The molecule has 1 heterocycles. The van der Waals surface area contributed by atoms with E-state index in [4.69, 9.17) is 4.74 Å². The van der Waals surface area contributed by atoms with Gasteiger partial charge in [0, 0.05) is 30.5 Å². The normalized spacial score (nSPS) is 15.2. The van der Waals surface area contributed by atoms with Gasteiger partial charge in [0.1, 0.15) is 0 Å². The number of ether oxygens (including phenoxy) is 1. The van der Waals surface area contributed by atoms with Crippen LogP contribution in [0.15, 0.2) is 47.4 Å². The van der Waals surface area contributed by atoms with E-state index in [1.165, 1.54) is 22.5 Å². The van der Waals surface area contributed by atoms with Gasteiger partial charge in [0.15, 0.2) is 11.6 Å². The fraction of sp³-hybridized carbons (Fsp3) is 0.278. The summed E-state index contributed by atoms with van der Waals surface area (Å²) in [6.45, 7) is 1.09. The lowest BCUT2D eigenvalue weighted by Gasteiger charge is -2.26. The Hall–Kier alpha value is -2.56. The summed E-state index contributed by atoms with van der Waals surface area (Å²) in [7, 11) is -3.64. The number of halogens is 2. The molecule has 2 aromatic rings. The zero-order chi connectivity index (χ0) is 20.1. The number of anilines is 2. The van der Waals surface area contributed by atoms with Crippen LogP contribution < -0.4 is 10.6 Å². The molecule has 1 saturated heterocycles. The predicted octanol–water partition coefficient (Wildman–Crippen LogP) is 2.04. The molecule has 2 N–H and O–H groups in total. The number of carbonyl (C=O) groups is 1. The zero-order valence-corrected chi connectivity index (χ0v) is 15.6. The van der Waals surface area contributed by atoms with E-state index in [1.807, 2.05) is 0 Å². The number of nitrogens with one attached hydrogen (secondary N) is 2. The highest BCUT2D eigenvalue weighted by Gasteiger charge is 2.26. The first kappa shape index (κ1) is 20.2. The van der Waals surface area contributed by atoms with Gasteiger partial charge in [-0.25, -0.2) is 17.2 Å².